The molecule has 6 heteroatoms. The van der Waals surface area contributed by atoms with Crippen LogP contribution in [0.15, 0.2) is 22.7 Å². The summed E-state index contributed by atoms with van der Waals surface area (Å²) in [6.45, 7) is 5.13. The minimum atomic E-state index is -1.14. The van der Waals surface area contributed by atoms with Crippen molar-refractivity contribution in [1.82, 2.24) is 0 Å². The Labute approximate surface area is 125 Å². The quantitative estimate of drug-likeness (QED) is 0.817. The van der Waals surface area contributed by atoms with Gasteiger partial charge in [0, 0.05) is 9.50 Å². The van der Waals surface area contributed by atoms with Crippen molar-refractivity contribution in [3.05, 3.63) is 27.7 Å². The van der Waals surface area contributed by atoms with Gasteiger partial charge in [-0.3, -0.25) is 9.59 Å². The van der Waals surface area contributed by atoms with Crippen LogP contribution in [-0.4, -0.2) is 17.0 Å². The number of halogens is 2. The zero-order chi connectivity index (χ0) is 14.8. The Hall–Kier alpha value is -1.07. The Balaban J connectivity index is 2.97. The molecule has 0 spiro atoms. The molecule has 1 aromatic carbocycles. The van der Waals surface area contributed by atoms with Crippen molar-refractivity contribution < 1.29 is 14.7 Å². The van der Waals surface area contributed by atoms with Crippen LogP contribution in [0.25, 0.3) is 0 Å². The Kier molecular flexibility index (Phi) is 4.98. The first kappa shape index (κ1) is 16.0. The molecule has 1 rings (SSSR count). The molecule has 1 atom stereocenters. The number of benzene rings is 1. The molecule has 0 aromatic heterocycles. The number of nitrogens with one attached hydrogen (secondary N) is 1. The third-order valence-electron chi connectivity index (χ3n) is 2.56. The molecule has 19 heavy (non-hydrogen) atoms. The molecule has 0 aliphatic heterocycles. The van der Waals surface area contributed by atoms with Crippen LogP contribution in [-0.2, 0) is 9.59 Å². The van der Waals surface area contributed by atoms with E-state index in [2.05, 4.69) is 21.2 Å². The molecule has 0 fully saturated rings. The zero-order valence-electron chi connectivity index (χ0n) is 10.8. The standard InChI is InChI=1S/C13H15BrClNO3/c1-13(2,3)10(12(18)19)11(17)16-9-5-4-7(15)6-8(9)14/h4-6,10H,1-3H3,(H,16,17)(H,18,19). The van der Waals surface area contributed by atoms with Gasteiger partial charge in [0.2, 0.25) is 5.91 Å². The van der Waals surface area contributed by atoms with Gasteiger partial charge in [-0.25, -0.2) is 0 Å². The lowest BCUT2D eigenvalue weighted by molar-refractivity contribution is -0.149. The fraction of sp³-hybridized carbons (Fsp3) is 0.385. The van der Waals surface area contributed by atoms with E-state index in [9.17, 15) is 14.7 Å². The van der Waals surface area contributed by atoms with Gasteiger partial charge in [0.1, 0.15) is 5.92 Å². The zero-order valence-corrected chi connectivity index (χ0v) is 13.2. The van der Waals surface area contributed by atoms with Crippen LogP contribution >= 0.6 is 27.5 Å². The second kappa shape index (κ2) is 5.92. The highest BCUT2D eigenvalue weighted by Gasteiger charge is 2.37. The summed E-state index contributed by atoms with van der Waals surface area (Å²) in [7, 11) is 0. The number of hydrogen-bond acceptors (Lipinski definition) is 2. The molecule has 0 aliphatic carbocycles. The average Bonchev–Trinajstić information content (AvgIpc) is 2.19. The maximum Gasteiger partial charge on any atom is 0.316 e. The van der Waals surface area contributed by atoms with E-state index in [4.69, 9.17) is 11.6 Å². The predicted octanol–water partition coefficient (Wildman–Crippen LogP) is 3.79. The Morgan fingerprint density at radius 1 is 1.37 bits per heavy atom. The highest BCUT2D eigenvalue weighted by Crippen LogP contribution is 2.30. The summed E-state index contributed by atoms with van der Waals surface area (Å²) in [4.78, 5) is 23.3. The smallest absolute Gasteiger partial charge is 0.316 e. The summed E-state index contributed by atoms with van der Waals surface area (Å²) in [5.74, 6) is -2.83. The number of carbonyl (C=O) groups excluding carboxylic acids is 1. The van der Waals surface area contributed by atoms with E-state index in [-0.39, 0.29) is 0 Å². The average molecular weight is 349 g/mol. The van der Waals surface area contributed by atoms with Crippen LogP contribution in [0, 0.1) is 11.3 Å². The van der Waals surface area contributed by atoms with Gasteiger partial charge >= 0.3 is 5.97 Å². The van der Waals surface area contributed by atoms with Gasteiger partial charge in [-0.05, 0) is 39.5 Å². The molecule has 2 N–H and O–H groups in total. The fourth-order valence-corrected chi connectivity index (χ4v) is 2.45. The molecule has 4 nitrogen and oxygen atoms in total. The van der Waals surface area contributed by atoms with Gasteiger partial charge in [0.15, 0.2) is 0 Å². The van der Waals surface area contributed by atoms with E-state index in [1.807, 2.05) is 0 Å². The molecule has 0 radical (unpaired) electrons. The molecule has 0 bridgehead atoms. The van der Waals surface area contributed by atoms with Gasteiger partial charge in [-0.1, -0.05) is 32.4 Å². The number of carboxylic acids is 1. The van der Waals surface area contributed by atoms with E-state index in [1.54, 1.807) is 39.0 Å². The van der Waals surface area contributed by atoms with E-state index >= 15 is 0 Å². The number of rotatable bonds is 3. The van der Waals surface area contributed by atoms with Crippen molar-refractivity contribution in [2.75, 3.05) is 5.32 Å². The summed E-state index contributed by atoms with van der Waals surface area (Å²) in [5, 5.41) is 12.3. The van der Waals surface area contributed by atoms with Crippen molar-refractivity contribution in [2.24, 2.45) is 11.3 Å². The monoisotopic (exact) mass is 347 g/mol. The topological polar surface area (TPSA) is 66.4 Å². The number of carboxylic acid groups (broad SMARTS) is 1. The molecular formula is C13H15BrClNO3. The third kappa shape index (κ3) is 4.21. The first-order chi connectivity index (χ1) is 8.62. The normalized spacial score (nSPS) is 12.9. The van der Waals surface area contributed by atoms with Crippen molar-refractivity contribution in [3.8, 4) is 0 Å². The Morgan fingerprint density at radius 3 is 2.37 bits per heavy atom. The summed E-state index contributed by atoms with van der Waals surface area (Å²) in [6, 6.07) is 4.87. The summed E-state index contributed by atoms with van der Waals surface area (Å²) < 4.78 is 0.603. The predicted molar refractivity (Wildman–Crippen MR) is 78.4 cm³/mol. The highest BCUT2D eigenvalue weighted by atomic mass is 79.9. The Morgan fingerprint density at radius 2 is 1.95 bits per heavy atom. The molecule has 1 amide bonds. The third-order valence-corrected chi connectivity index (χ3v) is 3.46. The van der Waals surface area contributed by atoms with Crippen molar-refractivity contribution in [1.29, 1.82) is 0 Å². The van der Waals surface area contributed by atoms with Crippen LogP contribution in [0.4, 0.5) is 5.69 Å². The fourth-order valence-electron chi connectivity index (χ4n) is 1.67. The minimum Gasteiger partial charge on any atom is -0.481 e. The van der Waals surface area contributed by atoms with Crippen LogP contribution in [0.1, 0.15) is 20.8 Å². The van der Waals surface area contributed by atoms with Crippen molar-refractivity contribution in [3.63, 3.8) is 0 Å². The lowest BCUT2D eigenvalue weighted by Crippen LogP contribution is -2.39. The first-order valence-corrected chi connectivity index (χ1v) is 6.78. The van der Waals surface area contributed by atoms with Gasteiger partial charge in [0.05, 0.1) is 5.69 Å². The van der Waals surface area contributed by atoms with Crippen LogP contribution in [0.5, 0.6) is 0 Å². The van der Waals surface area contributed by atoms with Crippen molar-refractivity contribution >= 4 is 45.1 Å². The van der Waals surface area contributed by atoms with Crippen LogP contribution < -0.4 is 5.32 Å². The van der Waals surface area contributed by atoms with Crippen molar-refractivity contribution in [2.45, 2.75) is 20.8 Å². The minimum absolute atomic E-state index is 0.491. The molecule has 104 valence electrons. The second-order valence-corrected chi connectivity index (χ2v) is 6.54. The number of hydrogen-bond donors (Lipinski definition) is 2. The lowest BCUT2D eigenvalue weighted by atomic mass is 9.80. The second-order valence-electron chi connectivity index (χ2n) is 5.25. The molecule has 1 aromatic rings. The van der Waals surface area contributed by atoms with Crippen LogP contribution in [0.3, 0.4) is 0 Å². The van der Waals surface area contributed by atoms with Gasteiger partial charge < -0.3 is 10.4 Å². The molecule has 0 saturated carbocycles. The van der Waals surface area contributed by atoms with Crippen LogP contribution in [0.2, 0.25) is 5.02 Å². The van der Waals surface area contributed by atoms with E-state index < -0.39 is 23.2 Å². The lowest BCUT2D eigenvalue weighted by Gasteiger charge is -2.26. The highest BCUT2D eigenvalue weighted by molar-refractivity contribution is 9.10. The maximum absolute atomic E-state index is 12.1. The maximum atomic E-state index is 12.1. The summed E-state index contributed by atoms with van der Waals surface area (Å²) >= 11 is 9.07. The van der Waals surface area contributed by atoms with Gasteiger partial charge in [-0.15, -0.1) is 0 Å². The molecule has 0 aliphatic rings. The Bertz CT molecular complexity index is 511. The summed E-state index contributed by atoms with van der Waals surface area (Å²) in [6.07, 6.45) is 0. The number of amides is 1. The number of anilines is 1. The van der Waals surface area contributed by atoms with E-state index in [0.29, 0.717) is 15.2 Å². The van der Waals surface area contributed by atoms with Gasteiger partial charge in [-0.2, -0.15) is 0 Å². The molecule has 1 unspecified atom stereocenters. The molecule has 0 heterocycles. The largest absolute Gasteiger partial charge is 0.481 e. The number of aliphatic carboxylic acids is 1. The van der Waals surface area contributed by atoms with E-state index in [0.717, 1.165) is 0 Å². The first-order valence-electron chi connectivity index (χ1n) is 5.61. The summed E-state index contributed by atoms with van der Waals surface area (Å²) in [5.41, 5.74) is -0.181. The molecule has 0 saturated heterocycles. The van der Waals surface area contributed by atoms with Gasteiger partial charge in [0.25, 0.3) is 0 Å². The molecular weight excluding hydrogens is 334 g/mol. The van der Waals surface area contributed by atoms with E-state index in [1.165, 1.54) is 0 Å². The number of carbonyl (C=O) groups is 2. The SMILES string of the molecule is CC(C)(C)C(C(=O)O)C(=O)Nc1ccc(Cl)cc1Br.